The molecule has 1 heterocycles. The molecule has 114 valence electrons. The van der Waals surface area contributed by atoms with Crippen LogP contribution in [-0.4, -0.2) is 29.3 Å². The van der Waals surface area contributed by atoms with Crippen molar-refractivity contribution in [3.63, 3.8) is 0 Å². The van der Waals surface area contributed by atoms with Crippen LogP contribution in [0.5, 0.6) is 0 Å². The number of hydrogen-bond acceptors (Lipinski definition) is 2. The van der Waals surface area contributed by atoms with E-state index >= 15 is 0 Å². The summed E-state index contributed by atoms with van der Waals surface area (Å²) in [5, 5.41) is 2.94. The topological polar surface area (TPSA) is 49.4 Å². The largest absolute Gasteiger partial charge is 0.342 e. The van der Waals surface area contributed by atoms with Crippen LogP contribution in [0.2, 0.25) is 0 Å². The van der Waals surface area contributed by atoms with Gasteiger partial charge < -0.3 is 10.2 Å². The first-order valence-electron chi connectivity index (χ1n) is 7.64. The van der Waals surface area contributed by atoms with Crippen LogP contribution >= 0.6 is 0 Å². The van der Waals surface area contributed by atoms with Gasteiger partial charge in [0.25, 0.3) is 5.91 Å². The number of carbonyl (C=O) groups is 2. The predicted molar refractivity (Wildman–Crippen MR) is 82.6 cm³/mol. The quantitative estimate of drug-likeness (QED) is 0.924. The molecule has 4 heteroatoms. The Morgan fingerprint density at radius 3 is 2.38 bits per heavy atom. The van der Waals surface area contributed by atoms with Gasteiger partial charge in [-0.25, -0.2) is 0 Å². The second-order valence-corrected chi connectivity index (χ2v) is 5.86. The smallest absolute Gasteiger partial charge is 0.251 e. The molecule has 4 nitrogen and oxygen atoms in total. The second-order valence-electron chi connectivity index (χ2n) is 5.86. The zero-order valence-electron chi connectivity index (χ0n) is 13.2. The molecule has 1 saturated heterocycles. The highest BCUT2D eigenvalue weighted by Crippen LogP contribution is 2.33. The summed E-state index contributed by atoms with van der Waals surface area (Å²) in [6, 6.07) is 9.09. The number of rotatable bonds is 4. The number of hydrogen-bond donors (Lipinski definition) is 1. The average molecular weight is 288 g/mol. The molecule has 1 aromatic rings. The SMILES string of the molecule is CCC(C)C1NC(=O)C(C)(c2ccccc2)N(CC)C1=O. The number of carbonyl (C=O) groups excluding carboxylic acids is 2. The average Bonchev–Trinajstić information content (AvgIpc) is 2.51. The molecule has 0 bridgehead atoms. The Morgan fingerprint density at radius 1 is 1.24 bits per heavy atom. The van der Waals surface area contributed by atoms with Crippen LogP contribution < -0.4 is 5.32 Å². The predicted octanol–water partition coefficient (Wildman–Crippen LogP) is 2.29. The monoisotopic (exact) mass is 288 g/mol. The van der Waals surface area contributed by atoms with E-state index in [1.54, 1.807) is 4.90 Å². The summed E-state index contributed by atoms with van der Waals surface area (Å²) in [5.41, 5.74) is -0.0860. The fourth-order valence-electron chi connectivity index (χ4n) is 3.00. The Hall–Kier alpha value is -1.84. The number of nitrogens with zero attached hydrogens (tertiary/aromatic N) is 1. The Balaban J connectivity index is 2.45. The Bertz CT molecular complexity index is 529. The van der Waals surface area contributed by atoms with Gasteiger partial charge in [-0.3, -0.25) is 9.59 Å². The van der Waals surface area contributed by atoms with Gasteiger partial charge in [0, 0.05) is 6.54 Å². The second kappa shape index (κ2) is 5.88. The van der Waals surface area contributed by atoms with Gasteiger partial charge in [-0.15, -0.1) is 0 Å². The van der Waals surface area contributed by atoms with E-state index in [0.717, 1.165) is 12.0 Å². The maximum atomic E-state index is 12.8. The third-order valence-electron chi connectivity index (χ3n) is 4.67. The summed E-state index contributed by atoms with van der Waals surface area (Å²) >= 11 is 0. The number of benzene rings is 1. The normalized spacial score (nSPS) is 27.4. The van der Waals surface area contributed by atoms with Gasteiger partial charge in [-0.05, 0) is 25.3 Å². The Kier molecular flexibility index (Phi) is 4.35. The molecule has 2 rings (SSSR count). The van der Waals surface area contributed by atoms with Gasteiger partial charge in [-0.2, -0.15) is 0 Å². The number of nitrogens with one attached hydrogen (secondary N) is 1. The lowest BCUT2D eigenvalue weighted by Gasteiger charge is -2.47. The van der Waals surface area contributed by atoms with E-state index in [1.807, 2.05) is 58.0 Å². The molecule has 3 atom stereocenters. The molecule has 3 unspecified atom stereocenters. The molecule has 1 fully saturated rings. The van der Waals surface area contributed by atoms with Crippen LogP contribution in [0.15, 0.2) is 30.3 Å². The van der Waals surface area contributed by atoms with Gasteiger partial charge in [0.05, 0.1) is 0 Å². The van der Waals surface area contributed by atoms with Crippen molar-refractivity contribution in [3.8, 4) is 0 Å². The van der Waals surface area contributed by atoms with E-state index in [1.165, 1.54) is 0 Å². The van der Waals surface area contributed by atoms with E-state index in [2.05, 4.69) is 5.32 Å². The molecule has 1 aromatic carbocycles. The Labute approximate surface area is 126 Å². The number of likely N-dealkylation sites (N-methyl/N-ethyl adjacent to an activating group) is 1. The lowest BCUT2D eigenvalue weighted by molar-refractivity contribution is -0.158. The van der Waals surface area contributed by atoms with E-state index in [0.29, 0.717) is 6.54 Å². The summed E-state index contributed by atoms with van der Waals surface area (Å²) in [6.07, 6.45) is 0.857. The minimum Gasteiger partial charge on any atom is -0.342 e. The fraction of sp³-hybridized carbons (Fsp3) is 0.529. The van der Waals surface area contributed by atoms with Gasteiger partial charge >= 0.3 is 0 Å². The molecule has 1 aliphatic rings. The lowest BCUT2D eigenvalue weighted by atomic mass is 9.83. The van der Waals surface area contributed by atoms with Crippen molar-refractivity contribution in [1.29, 1.82) is 0 Å². The maximum absolute atomic E-state index is 12.8. The van der Waals surface area contributed by atoms with E-state index in [4.69, 9.17) is 0 Å². The molecule has 21 heavy (non-hydrogen) atoms. The minimum absolute atomic E-state index is 0.0119. The molecular weight excluding hydrogens is 264 g/mol. The van der Waals surface area contributed by atoms with Crippen molar-refractivity contribution in [2.75, 3.05) is 6.54 Å². The zero-order chi connectivity index (χ0) is 15.6. The highest BCUT2D eigenvalue weighted by Gasteiger charge is 2.50. The summed E-state index contributed by atoms with van der Waals surface area (Å²) < 4.78 is 0. The first kappa shape index (κ1) is 15.5. The molecular formula is C17H24N2O2. The number of amides is 2. The molecule has 0 aromatic heterocycles. The molecule has 1 aliphatic heterocycles. The van der Waals surface area contributed by atoms with Crippen LogP contribution in [0.25, 0.3) is 0 Å². The van der Waals surface area contributed by atoms with Crippen LogP contribution in [-0.2, 0) is 15.1 Å². The molecule has 2 amide bonds. The highest BCUT2D eigenvalue weighted by atomic mass is 16.2. The van der Waals surface area contributed by atoms with E-state index in [9.17, 15) is 9.59 Å². The van der Waals surface area contributed by atoms with E-state index < -0.39 is 11.6 Å². The van der Waals surface area contributed by atoms with Crippen LogP contribution in [0.1, 0.15) is 39.7 Å². The summed E-state index contributed by atoms with van der Waals surface area (Å²) in [7, 11) is 0. The molecule has 0 radical (unpaired) electrons. The van der Waals surface area contributed by atoms with Crippen molar-refractivity contribution < 1.29 is 9.59 Å². The fourth-order valence-corrected chi connectivity index (χ4v) is 3.00. The molecule has 1 N–H and O–H groups in total. The first-order chi connectivity index (χ1) is 9.96. The standard InChI is InChI=1S/C17H24N2O2/c1-5-12(3)14-15(20)19(6-2)17(4,16(21)18-14)13-10-8-7-9-11-13/h7-12,14H,5-6H2,1-4H3,(H,18,21). The van der Waals surface area contributed by atoms with Gasteiger partial charge in [0.1, 0.15) is 11.6 Å². The zero-order valence-corrected chi connectivity index (χ0v) is 13.2. The van der Waals surface area contributed by atoms with Gasteiger partial charge in [0.15, 0.2) is 0 Å². The van der Waals surface area contributed by atoms with E-state index in [-0.39, 0.29) is 17.7 Å². The van der Waals surface area contributed by atoms with Crippen molar-refractivity contribution in [1.82, 2.24) is 10.2 Å². The van der Waals surface area contributed by atoms with Crippen LogP contribution in [0.3, 0.4) is 0 Å². The summed E-state index contributed by atoms with van der Waals surface area (Å²) in [4.78, 5) is 27.3. The highest BCUT2D eigenvalue weighted by molar-refractivity contribution is 6.00. The van der Waals surface area contributed by atoms with Crippen molar-refractivity contribution in [2.24, 2.45) is 5.92 Å². The van der Waals surface area contributed by atoms with Crippen LogP contribution in [0.4, 0.5) is 0 Å². The van der Waals surface area contributed by atoms with Crippen LogP contribution in [0, 0.1) is 5.92 Å². The van der Waals surface area contributed by atoms with Crippen molar-refractivity contribution >= 4 is 11.8 Å². The molecule has 0 saturated carbocycles. The van der Waals surface area contributed by atoms with Crippen molar-refractivity contribution in [2.45, 2.75) is 45.7 Å². The first-order valence-corrected chi connectivity index (χ1v) is 7.64. The Morgan fingerprint density at radius 2 is 1.86 bits per heavy atom. The molecule has 0 spiro atoms. The number of piperazine rings is 1. The minimum atomic E-state index is -0.933. The lowest BCUT2D eigenvalue weighted by Crippen LogP contribution is -2.68. The summed E-state index contributed by atoms with van der Waals surface area (Å²) in [5.74, 6) is 0.0501. The van der Waals surface area contributed by atoms with Gasteiger partial charge in [-0.1, -0.05) is 50.6 Å². The van der Waals surface area contributed by atoms with Crippen molar-refractivity contribution in [3.05, 3.63) is 35.9 Å². The maximum Gasteiger partial charge on any atom is 0.251 e. The summed E-state index contributed by atoms with van der Waals surface area (Å²) in [6.45, 7) is 8.30. The third kappa shape index (κ3) is 2.43. The van der Waals surface area contributed by atoms with Gasteiger partial charge in [0.2, 0.25) is 5.91 Å². The molecule has 0 aliphatic carbocycles. The third-order valence-corrected chi connectivity index (χ3v) is 4.67.